The van der Waals surface area contributed by atoms with Crippen molar-refractivity contribution >= 4 is 17.7 Å². The van der Waals surface area contributed by atoms with Gasteiger partial charge in [0.1, 0.15) is 0 Å². The quantitative estimate of drug-likeness (QED) is 0.620. The molecule has 0 aliphatic rings. The third-order valence-electron chi connectivity index (χ3n) is 2.20. The van der Waals surface area contributed by atoms with E-state index < -0.39 is 11.7 Å². The Morgan fingerprint density at radius 2 is 1.89 bits per heavy atom. The molecule has 0 aromatic heterocycles. The second-order valence-corrected chi connectivity index (χ2v) is 5.24. The summed E-state index contributed by atoms with van der Waals surface area (Å²) in [6, 6.07) is 4.88. The number of esters is 1. The van der Waals surface area contributed by atoms with Crippen LogP contribution in [-0.2, 0) is 15.7 Å². The predicted octanol–water partition coefficient (Wildman–Crippen LogP) is 3.75. The molecule has 0 aliphatic heterocycles. The lowest BCUT2D eigenvalue weighted by atomic mass is 10.2. The van der Waals surface area contributed by atoms with Crippen LogP contribution in [0.5, 0.6) is 0 Å². The first-order valence-corrected chi connectivity index (χ1v) is 6.11. The topological polar surface area (TPSA) is 26.3 Å². The van der Waals surface area contributed by atoms with Crippen molar-refractivity contribution in [1.29, 1.82) is 0 Å². The van der Waals surface area contributed by atoms with E-state index in [0.29, 0.717) is 4.90 Å². The molecule has 1 rings (SSSR count). The summed E-state index contributed by atoms with van der Waals surface area (Å²) in [5.41, 5.74) is -0.674. The van der Waals surface area contributed by atoms with E-state index in [0.717, 1.165) is 12.1 Å². The molecular weight excluding hydrogens is 265 g/mol. The van der Waals surface area contributed by atoms with Crippen molar-refractivity contribution in [2.45, 2.75) is 29.7 Å². The van der Waals surface area contributed by atoms with Crippen LogP contribution in [0.2, 0.25) is 0 Å². The Bertz CT molecular complexity index is 401. The minimum Gasteiger partial charge on any atom is -0.469 e. The number of alkyl halides is 3. The van der Waals surface area contributed by atoms with E-state index in [2.05, 4.69) is 4.74 Å². The third-order valence-corrected chi connectivity index (χ3v) is 3.31. The normalized spacial score (nSPS) is 13.2. The number of carbonyl (C=O) groups excluding carboxylic acids is 1. The average Bonchev–Trinajstić information content (AvgIpc) is 2.28. The SMILES string of the molecule is COC(=O)CC(C)Sc1ccc(C(F)(F)F)cc1. The molecule has 1 unspecified atom stereocenters. The number of hydrogen-bond acceptors (Lipinski definition) is 3. The molecular formula is C12H13F3O2S. The second kappa shape index (κ2) is 6.13. The number of rotatable bonds is 4. The fraction of sp³-hybridized carbons (Fsp3) is 0.417. The smallest absolute Gasteiger partial charge is 0.416 e. The van der Waals surface area contributed by atoms with Crippen LogP contribution in [0.15, 0.2) is 29.2 Å². The van der Waals surface area contributed by atoms with Gasteiger partial charge in [0.2, 0.25) is 0 Å². The molecule has 18 heavy (non-hydrogen) atoms. The van der Waals surface area contributed by atoms with Crippen molar-refractivity contribution < 1.29 is 22.7 Å². The summed E-state index contributed by atoms with van der Waals surface area (Å²) in [6.45, 7) is 1.82. The number of methoxy groups -OCH3 is 1. The maximum absolute atomic E-state index is 12.3. The first kappa shape index (κ1) is 14.9. The molecule has 0 N–H and O–H groups in total. The second-order valence-electron chi connectivity index (χ2n) is 3.73. The van der Waals surface area contributed by atoms with Crippen LogP contribution in [-0.4, -0.2) is 18.3 Å². The zero-order chi connectivity index (χ0) is 13.8. The van der Waals surface area contributed by atoms with Gasteiger partial charge in [0.15, 0.2) is 0 Å². The zero-order valence-electron chi connectivity index (χ0n) is 9.95. The molecule has 6 heteroatoms. The first-order valence-electron chi connectivity index (χ1n) is 5.23. The van der Waals surface area contributed by atoms with Gasteiger partial charge in [-0.05, 0) is 24.3 Å². The fourth-order valence-electron chi connectivity index (χ4n) is 1.31. The van der Waals surface area contributed by atoms with Gasteiger partial charge in [0.05, 0.1) is 19.1 Å². The molecule has 1 aromatic rings. The minimum atomic E-state index is -4.32. The van der Waals surface area contributed by atoms with Crippen LogP contribution in [0.1, 0.15) is 18.9 Å². The van der Waals surface area contributed by atoms with E-state index in [1.54, 1.807) is 0 Å². The summed E-state index contributed by atoms with van der Waals surface area (Å²) in [5, 5.41) is -0.0470. The van der Waals surface area contributed by atoms with E-state index in [-0.39, 0.29) is 17.6 Å². The van der Waals surface area contributed by atoms with Crippen LogP contribution >= 0.6 is 11.8 Å². The van der Waals surface area contributed by atoms with E-state index in [4.69, 9.17) is 0 Å². The Morgan fingerprint density at radius 3 is 2.33 bits per heavy atom. The third kappa shape index (κ3) is 4.60. The van der Waals surface area contributed by atoms with Crippen LogP contribution in [0, 0.1) is 0 Å². The zero-order valence-corrected chi connectivity index (χ0v) is 10.8. The van der Waals surface area contributed by atoms with Gasteiger partial charge in [0.25, 0.3) is 0 Å². The van der Waals surface area contributed by atoms with E-state index in [1.807, 2.05) is 6.92 Å². The number of halogens is 3. The lowest BCUT2D eigenvalue weighted by molar-refractivity contribution is -0.140. The van der Waals surface area contributed by atoms with Gasteiger partial charge >= 0.3 is 12.1 Å². The number of benzene rings is 1. The van der Waals surface area contributed by atoms with Crippen LogP contribution in [0.4, 0.5) is 13.2 Å². The molecule has 0 bridgehead atoms. The molecule has 1 aromatic carbocycles. The van der Waals surface area contributed by atoms with Gasteiger partial charge in [-0.1, -0.05) is 6.92 Å². The average molecular weight is 278 g/mol. The van der Waals surface area contributed by atoms with Crippen molar-refractivity contribution in [2.24, 2.45) is 0 Å². The predicted molar refractivity (Wildman–Crippen MR) is 63.4 cm³/mol. The molecule has 100 valence electrons. The van der Waals surface area contributed by atoms with E-state index in [9.17, 15) is 18.0 Å². The summed E-state index contributed by atoms with van der Waals surface area (Å²) < 4.78 is 41.5. The highest BCUT2D eigenvalue weighted by atomic mass is 32.2. The van der Waals surface area contributed by atoms with Crippen molar-refractivity contribution in [2.75, 3.05) is 7.11 Å². The van der Waals surface area contributed by atoms with Gasteiger partial charge in [-0.15, -0.1) is 11.8 Å². The molecule has 0 saturated heterocycles. The van der Waals surface area contributed by atoms with Crippen LogP contribution < -0.4 is 0 Å². The maximum atomic E-state index is 12.3. The van der Waals surface area contributed by atoms with E-state index >= 15 is 0 Å². The highest BCUT2D eigenvalue weighted by molar-refractivity contribution is 8.00. The Balaban J connectivity index is 2.61. The largest absolute Gasteiger partial charge is 0.469 e. The first-order chi connectivity index (χ1) is 8.32. The monoisotopic (exact) mass is 278 g/mol. The number of thioether (sulfide) groups is 1. The van der Waals surface area contributed by atoms with Crippen molar-refractivity contribution in [3.05, 3.63) is 29.8 Å². The maximum Gasteiger partial charge on any atom is 0.416 e. The molecule has 0 fully saturated rings. The highest BCUT2D eigenvalue weighted by Gasteiger charge is 2.30. The molecule has 0 saturated carbocycles. The summed E-state index contributed by atoms with van der Waals surface area (Å²) in [6.07, 6.45) is -4.09. The standard InChI is InChI=1S/C12H13F3O2S/c1-8(7-11(16)17-2)18-10-5-3-9(4-6-10)12(13,14)15/h3-6,8H,7H2,1-2H3. The lowest BCUT2D eigenvalue weighted by Gasteiger charge is -2.11. The number of carbonyl (C=O) groups is 1. The molecule has 0 spiro atoms. The highest BCUT2D eigenvalue weighted by Crippen LogP contribution is 2.32. The molecule has 1 atom stereocenters. The molecule has 0 amide bonds. The van der Waals surface area contributed by atoms with Gasteiger partial charge in [-0.3, -0.25) is 4.79 Å². The summed E-state index contributed by atoms with van der Waals surface area (Å²) in [5.74, 6) is -0.332. The van der Waals surface area contributed by atoms with Gasteiger partial charge in [0, 0.05) is 10.1 Å². The minimum absolute atomic E-state index is 0.0470. The molecule has 2 nitrogen and oxygen atoms in total. The fourth-order valence-corrected chi connectivity index (χ4v) is 2.29. The van der Waals surface area contributed by atoms with Gasteiger partial charge in [-0.2, -0.15) is 13.2 Å². The summed E-state index contributed by atoms with van der Waals surface area (Å²) in [4.78, 5) is 11.7. The Morgan fingerprint density at radius 1 is 1.33 bits per heavy atom. The summed E-state index contributed by atoms with van der Waals surface area (Å²) >= 11 is 1.34. The number of ether oxygens (including phenoxy) is 1. The Hall–Kier alpha value is -1.17. The molecule has 0 heterocycles. The van der Waals surface area contributed by atoms with Gasteiger partial charge in [-0.25, -0.2) is 0 Å². The number of hydrogen-bond donors (Lipinski definition) is 0. The lowest BCUT2D eigenvalue weighted by Crippen LogP contribution is -2.08. The van der Waals surface area contributed by atoms with Crippen LogP contribution in [0.3, 0.4) is 0 Å². The molecule has 0 aliphatic carbocycles. The van der Waals surface area contributed by atoms with Crippen LogP contribution in [0.25, 0.3) is 0 Å². The van der Waals surface area contributed by atoms with E-state index in [1.165, 1.54) is 31.0 Å². The Labute approximate surface area is 108 Å². The van der Waals surface area contributed by atoms with Crippen molar-refractivity contribution in [3.63, 3.8) is 0 Å². The molecule has 0 radical (unpaired) electrons. The van der Waals surface area contributed by atoms with Crippen molar-refractivity contribution in [1.82, 2.24) is 0 Å². The van der Waals surface area contributed by atoms with Crippen molar-refractivity contribution in [3.8, 4) is 0 Å². The van der Waals surface area contributed by atoms with Gasteiger partial charge < -0.3 is 4.74 Å². The Kier molecular flexibility index (Phi) is 5.07. The summed E-state index contributed by atoms with van der Waals surface area (Å²) in [7, 11) is 1.30.